The highest BCUT2D eigenvalue weighted by molar-refractivity contribution is 5.98. The molecule has 1 amide bonds. The van der Waals surface area contributed by atoms with Crippen molar-refractivity contribution in [1.82, 2.24) is 29.9 Å². The van der Waals surface area contributed by atoms with Gasteiger partial charge in [-0.2, -0.15) is 20.3 Å². The topological polar surface area (TPSA) is 113 Å². The van der Waals surface area contributed by atoms with Crippen molar-refractivity contribution in [3.05, 3.63) is 59.7 Å². The van der Waals surface area contributed by atoms with Gasteiger partial charge in [-0.25, -0.2) is 9.97 Å². The summed E-state index contributed by atoms with van der Waals surface area (Å²) < 4.78 is 0. The minimum absolute atomic E-state index is 0.0144. The summed E-state index contributed by atoms with van der Waals surface area (Å²) in [5.74, 6) is 0.732. The molecule has 0 aliphatic carbocycles. The number of amides is 1. The smallest absolute Gasteiger partial charge is 0.256 e. The molecule has 2 atom stereocenters. The van der Waals surface area contributed by atoms with Crippen LogP contribution in [0.2, 0.25) is 0 Å². The average Bonchev–Trinajstić information content (AvgIpc) is 3.32. The van der Waals surface area contributed by atoms with Gasteiger partial charge in [0.1, 0.15) is 6.07 Å². The second kappa shape index (κ2) is 8.92. The molecule has 0 radical (unpaired) electrons. The normalized spacial score (nSPS) is 18.4. The van der Waals surface area contributed by atoms with Gasteiger partial charge in [0.2, 0.25) is 5.95 Å². The summed E-state index contributed by atoms with van der Waals surface area (Å²) in [4.78, 5) is 25.5. The lowest BCUT2D eigenvalue weighted by Gasteiger charge is -2.40. The lowest BCUT2D eigenvalue weighted by Crippen LogP contribution is -2.51. The molecule has 0 saturated carbocycles. The number of carbonyl (C=O) groups excluding carboxylic acids is 1. The number of anilines is 1. The van der Waals surface area contributed by atoms with Gasteiger partial charge in [0, 0.05) is 13.1 Å². The highest BCUT2D eigenvalue weighted by atomic mass is 16.2. The summed E-state index contributed by atoms with van der Waals surface area (Å²) in [6.07, 6.45) is 8.17. The van der Waals surface area contributed by atoms with E-state index < -0.39 is 0 Å². The van der Waals surface area contributed by atoms with Crippen LogP contribution in [0.1, 0.15) is 41.3 Å². The number of piperidine rings is 1. The molecule has 31 heavy (non-hydrogen) atoms. The second-order valence-corrected chi connectivity index (χ2v) is 7.81. The Morgan fingerprint density at radius 2 is 2.00 bits per heavy atom. The SMILES string of the molecule is Cc1ccc(-n2nccn2)c(C(=O)N2CCC[C@@H](C)C2CNc2ncc(C#N)cn2)c1. The molecule has 0 spiro atoms. The number of likely N-dealkylation sites (tertiary alicyclic amines) is 1. The summed E-state index contributed by atoms with van der Waals surface area (Å²) in [7, 11) is 0. The molecular formula is C22H24N8O. The molecule has 2 aromatic heterocycles. The van der Waals surface area contributed by atoms with Gasteiger partial charge in [0.25, 0.3) is 5.91 Å². The highest BCUT2D eigenvalue weighted by Gasteiger charge is 2.33. The zero-order valence-electron chi connectivity index (χ0n) is 17.6. The van der Waals surface area contributed by atoms with Crippen molar-refractivity contribution < 1.29 is 4.79 Å². The maximum atomic E-state index is 13.7. The molecule has 1 saturated heterocycles. The van der Waals surface area contributed by atoms with E-state index in [1.807, 2.05) is 36.1 Å². The molecule has 3 aromatic rings. The standard InChI is InChI=1S/C22H24N8O/c1-15-5-6-19(30-27-7-8-28-30)18(10-15)21(31)29-9-3-4-16(2)20(29)14-26-22-24-12-17(11-23)13-25-22/h5-8,10,12-13,16,20H,3-4,9,14H2,1-2H3,(H,24,25,26)/t16-,20?/m1/s1. The number of nitrogens with zero attached hydrogens (tertiary/aromatic N) is 7. The number of nitriles is 1. The van der Waals surface area contributed by atoms with Gasteiger partial charge < -0.3 is 10.2 Å². The lowest BCUT2D eigenvalue weighted by molar-refractivity contribution is 0.0539. The Kier molecular flexibility index (Phi) is 5.89. The van der Waals surface area contributed by atoms with E-state index in [9.17, 15) is 4.79 Å². The number of rotatable bonds is 5. The predicted octanol–water partition coefficient (Wildman–Crippen LogP) is 2.59. The molecule has 1 aromatic carbocycles. The van der Waals surface area contributed by atoms with Crippen molar-refractivity contribution in [2.24, 2.45) is 5.92 Å². The Bertz CT molecular complexity index is 1090. The first-order chi connectivity index (χ1) is 15.1. The van der Waals surface area contributed by atoms with Gasteiger partial charge in [-0.15, -0.1) is 0 Å². The summed E-state index contributed by atoms with van der Waals surface area (Å²) in [5.41, 5.74) is 2.67. The minimum atomic E-state index is -0.0323. The third-order valence-corrected chi connectivity index (χ3v) is 5.64. The number of aromatic nitrogens is 5. The van der Waals surface area contributed by atoms with Crippen LogP contribution in [-0.4, -0.2) is 54.9 Å². The summed E-state index contributed by atoms with van der Waals surface area (Å²) in [5, 5.41) is 20.6. The minimum Gasteiger partial charge on any atom is -0.352 e. The molecule has 9 nitrogen and oxygen atoms in total. The van der Waals surface area contributed by atoms with E-state index in [1.165, 1.54) is 17.2 Å². The second-order valence-electron chi connectivity index (χ2n) is 7.81. The Labute approximate surface area is 180 Å². The van der Waals surface area contributed by atoms with Gasteiger partial charge in [0.15, 0.2) is 0 Å². The van der Waals surface area contributed by atoms with Crippen molar-refractivity contribution >= 4 is 11.9 Å². The summed E-state index contributed by atoms with van der Waals surface area (Å²) >= 11 is 0. The number of aryl methyl sites for hydroxylation is 1. The van der Waals surface area contributed by atoms with Crippen molar-refractivity contribution in [3.63, 3.8) is 0 Å². The van der Waals surface area contributed by atoms with Crippen LogP contribution < -0.4 is 5.32 Å². The maximum Gasteiger partial charge on any atom is 0.256 e. The van der Waals surface area contributed by atoms with Crippen molar-refractivity contribution in [2.45, 2.75) is 32.7 Å². The zero-order chi connectivity index (χ0) is 21.8. The molecule has 1 unspecified atom stereocenters. The molecule has 3 heterocycles. The van der Waals surface area contributed by atoms with Crippen LogP contribution in [-0.2, 0) is 0 Å². The van der Waals surface area contributed by atoms with Crippen LogP contribution in [0.25, 0.3) is 5.69 Å². The van der Waals surface area contributed by atoms with E-state index in [4.69, 9.17) is 5.26 Å². The molecule has 1 aliphatic heterocycles. The van der Waals surface area contributed by atoms with Crippen LogP contribution in [0.5, 0.6) is 0 Å². The molecule has 9 heteroatoms. The van der Waals surface area contributed by atoms with E-state index in [-0.39, 0.29) is 11.9 Å². The summed E-state index contributed by atoms with van der Waals surface area (Å²) in [6.45, 7) is 5.35. The Hall–Kier alpha value is -3.80. The van der Waals surface area contributed by atoms with E-state index >= 15 is 0 Å². The third kappa shape index (κ3) is 4.38. The van der Waals surface area contributed by atoms with E-state index in [2.05, 4.69) is 32.4 Å². The maximum absolute atomic E-state index is 13.7. The first-order valence-corrected chi connectivity index (χ1v) is 10.3. The largest absolute Gasteiger partial charge is 0.352 e. The van der Waals surface area contributed by atoms with Crippen molar-refractivity contribution in [3.8, 4) is 11.8 Å². The molecule has 4 rings (SSSR count). The van der Waals surface area contributed by atoms with Crippen LogP contribution >= 0.6 is 0 Å². The first-order valence-electron chi connectivity index (χ1n) is 10.3. The molecule has 158 valence electrons. The van der Waals surface area contributed by atoms with E-state index in [0.717, 1.165) is 18.4 Å². The molecule has 1 fully saturated rings. The lowest BCUT2D eigenvalue weighted by atomic mass is 9.90. The van der Waals surface area contributed by atoms with Gasteiger partial charge in [-0.05, 0) is 37.8 Å². The molecule has 1 aliphatic rings. The fourth-order valence-corrected chi connectivity index (χ4v) is 3.98. The van der Waals surface area contributed by atoms with Crippen LogP contribution in [0.15, 0.2) is 43.0 Å². The van der Waals surface area contributed by atoms with Crippen LogP contribution in [0, 0.1) is 24.2 Å². The summed E-state index contributed by atoms with van der Waals surface area (Å²) in [6, 6.07) is 7.73. The van der Waals surface area contributed by atoms with Gasteiger partial charge >= 0.3 is 0 Å². The quantitative estimate of drug-likeness (QED) is 0.680. The van der Waals surface area contributed by atoms with Gasteiger partial charge in [0.05, 0.1) is 47.6 Å². The van der Waals surface area contributed by atoms with Crippen molar-refractivity contribution in [2.75, 3.05) is 18.4 Å². The molecule has 0 bridgehead atoms. The fraction of sp³-hybridized carbons (Fsp3) is 0.364. The Morgan fingerprint density at radius 3 is 2.71 bits per heavy atom. The van der Waals surface area contributed by atoms with Crippen LogP contribution in [0.4, 0.5) is 5.95 Å². The third-order valence-electron chi connectivity index (χ3n) is 5.64. The van der Waals surface area contributed by atoms with E-state index in [0.29, 0.717) is 41.8 Å². The monoisotopic (exact) mass is 416 g/mol. The van der Waals surface area contributed by atoms with E-state index in [1.54, 1.807) is 12.4 Å². The van der Waals surface area contributed by atoms with Gasteiger partial charge in [-0.1, -0.05) is 18.6 Å². The Morgan fingerprint density at radius 1 is 1.26 bits per heavy atom. The highest BCUT2D eigenvalue weighted by Crippen LogP contribution is 2.27. The first kappa shape index (κ1) is 20.5. The number of hydrogen-bond donors (Lipinski definition) is 1. The van der Waals surface area contributed by atoms with Crippen molar-refractivity contribution in [1.29, 1.82) is 5.26 Å². The van der Waals surface area contributed by atoms with Crippen LogP contribution in [0.3, 0.4) is 0 Å². The Balaban J connectivity index is 1.58. The number of nitrogens with one attached hydrogen (secondary N) is 1. The van der Waals surface area contributed by atoms with Gasteiger partial charge in [-0.3, -0.25) is 4.79 Å². The number of benzene rings is 1. The molecular weight excluding hydrogens is 392 g/mol. The number of hydrogen-bond acceptors (Lipinski definition) is 7. The number of carbonyl (C=O) groups is 1. The fourth-order valence-electron chi connectivity index (χ4n) is 3.98. The zero-order valence-corrected chi connectivity index (χ0v) is 17.6. The predicted molar refractivity (Wildman–Crippen MR) is 115 cm³/mol. The molecule has 1 N–H and O–H groups in total. The average molecular weight is 416 g/mol.